The number of rotatable bonds is 2. The molecule has 0 aliphatic carbocycles. The highest BCUT2D eigenvalue weighted by atomic mass is 19.1. The van der Waals surface area contributed by atoms with Crippen molar-refractivity contribution in [3.05, 3.63) is 33.6 Å². The number of nitro groups is 1. The van der Waals surface area contributed by atoms with Gasteiger partial charge >= 0.3 is 5.69 Å². The number of nitro benzene ring substituents is 1. The van der Waals surface area contributed by atoms with Gasteiger partial charge in [0.25, 0.3) is 0 Å². The van der Waals surface area contributed by atoms with E-state index in [1.54, 1.807) is 0 Å². The number of aldehydes is 1. The fraction of sp³-hybridized carbons (Fsp3) is 0.100. The monoisotopic (exact) mass is 223 g/mol. The Morgan fingerprint density at radius 2 is 2.25 bits per heavy atom. The number of carbonyl (C=O) groups excluding carboxylic acids is 1. The Bertz CT molecular complexity index is 502. The summed E-state index contributed by atoms with van der Waals surface area (Å²) in [5.74, 6) is 3.01. The number of phenols is 1. The van der Waals surface area contributed by atoms with Crippen molar-refractivity contribution in [2.24, 2.45) is 0 Å². The van der Waals surface area contributed by atoms with Crippen molar-refractivity contribution in [3.63, 3.8) is 0 Å². The van der Waals surface area contributed by atoms with E-state index in [0.29, 0.717) is 12.4 Å². The van der Waals surface area contributed by atoms with Gasteiger partial charge in [0.15, 0.2) is 0 Å². The maximum absolute atomic E-state index is 12.9. The molecule has 0 bridgehead atoms. The Morgan fingerprint density at radius 1 is 1.56 bits per heavy atom. The zero-order valence-corrected chi connectivity index (χ0v) is 7.94. The molecule has 0 fully saturated rings. The minimum absolute atomic E-state index is 0.0935. The molecule has 5 nitrogen and oxygen atoms in total. The SMILES string of the molecule is O=CCC#Cc1cc(F)cc([N+](=O)[O-])c1O. The van der Waals surface area contributed by atoms with Gasteiger partial charge in [0.1, 0.15) is 12.1 Å². The van der Waals surface area contributed by atoms with Crippen LogP contribution in [0.2, 0.25) is 0 Å². The van der Waals surface area contributed by atoms with Crippen LogP contribution in [0.25, 0.3) is 0 Å². The maximum atomic E-state index is 12.9. The number of benzene rings is 1. The minimum atomic E-state index is -0.913. The summed E-state index contributed by atoms with van der Waals surface area (Å²) < 4.78 is 12.9. The van der Waals surface area contributed by atoms with Crippen LogP contribution in [-0.4, -0.2) is 16.3 Å². The number of hydrogen-bond acceptors (Lipinski definition) is 4. The minimum Gasteiger partial charge on any atom is -0.501 e. The van der Waals surface area contributed by atoms with Crippen LogP contribution in [0.3, 0.4) is 0 Å². The van der Waals surface area contributed by atoms with Crippen LogP contribution in [0.4, 0.5) is 10.1 Å². The Hall–Kier alpha value is -2.42. The van der Waals surface area contributed by atoms with Gasteiger partial charge in [-0.25, -0.2) is 4.39 Å². The van der Waals surface area contributed by atoms with Crippen molar-refractivity contribution in [2.45, 2.75) is 6.42 Å². The van der Waals surface area contributed by atoms with E-state index in [1.807, 2.05) is 0 Å². The summed E-state index contributed by atoms with van der Waals surface area (Å²) >= 11 is 0. The normalized spacial score (nSPS) is 9.06. The van der Waals surface area contributed by atoms with Gasteiger partial charge in [-0.2, -0.15) is 0 Å². The smallest absolute Gasteiger partial charge is 0.314 e. The van der Waals surface area contributed by atoms with Crippen molar-refractivity contribution in [1.29, 1.82) is 0 Å². The van der Waals surface area contributed by atoms with Gasteiger partial charge in [-0.05, 0) is 6.07 Å². The number of nitrogens with zero attached hydrogens (tertiary/aromatic N) is 1. The zero-order chi connectivity index (χ0) is 12.1. The molecule has 1 N–H and O–H groups in total. The summed E-state index contributed by atoms with van der Waals surface area (Å²) in [6.07, 6.45) is 0.432. The van der Waals surface area contributed by atoms with Crippen LogP contribution in [0, 0.1) is 27.8 Å². The van der Waals surface area contributed by atoms with Gasteiger partial charge in [0.2, 0.25) is 5.75 Å². The molecule has 1 aromatic carbocycles. The van der Waals surface area contributed by atoms with Crippen molar-refractivity contribution in [3.8, 4) is 17.6 Å². The Morgan fingerprint density at radius 3 is 2.81 bits per heavy atom. The molecule has 0 aromatic heterocycles. The van der Waals surface area contributed by atoms with Crippen LogP contribution in [0.15, 0.2) is 12.1 Å². The Kier molecular flexibility index (Phi) is 3.56. The Labute approximate surface area is 89.7 Å². The van der Waals surface area contributed by atoms with Gasteiger partial charge in [-0.15, -0.1) is 0 Å². The molecule has 1 rings (SSSR count). The average molecular weight is 223 g/mol. The van der Waals surface area contributed by atoms with E-state index < -0.39 is 22.2 Å². The maximum Gasteiger partial charge on any atom is 0.314 e. The van der Waals surface area contributed by atoms with E-state index in [1.165, 1.54) is 0 Å². The number of halogens is 1. The molecule has 0 saturated heterocycles. The van der Waals surface area contributed by atoms with E-state index in [-0.39, 0.29) is 12.0 Å². The molecule has 0 amide bonds. The van der Waals surface area contributed by atoms with Crippen molar-refractivity contribution < 1.29 is 19.2 Å². The van der Waals surface area contributed by atoms with Crippen LogP contribution < -0.4 is 0 Å². The van der Waals surface area contributed by atoms with Crippen LogP contribution in [0.1, 0.15) is 12.0 Å². The standard InChI is InChI=1S/C10H6FNO4/c11-8-5-7(3-1-2-4-13)10(14)9(6-8)12(15)16/h4-6,14H,2H2. The highest BCUT2D eigenvalue weighted by Crippen LogP contribution is 2.30. The highest BCUT2D eigenvalue weighted by Gasteiger charge is 2.18. The number of aromatic hydroxyl groups is 1. The largest absolute Gasteiger partial charge is 0.501 e. The molecule has 0 spiro atoms. The number of phenolic OH excluding ortho intramolecular Hbond substituents is 1. The predicted molar refractivity (Wildman–Crippen MR) is 52.3 cm³/mol. The van der Waals surface area contributed by atoms with Gasteiger partial charge in [0.05, 0.1) is 23.0 Å². The molecule has 0 atom stereocenters. The summed E-state index contributed by atoms with van der Waals surface area (Å²) in [6, 6.07) is 1.46. The summed E-state index contributed by atoms with van der Waals surface area (Å²) in [5, 5.41) is 19.8. The molecule has 82 valence electrons. The molecule has 0 radical (unpaired) electrons. The van der Waals surface area contributed by atoms with Gasteiger partial charge < -0.3 is 9.90 Å². The quantitative estimate of drug-likeness (QED) is 0.355. The zero-order valence-electron chi connectivity index (χ0n) is 7.94. The van der Waals surface area contributed by atoms with E-state index in [2.05, 4.69) is 11.8 Å². The lowest BCUT2D eigenvalue weighted by Gasteiger charge is -1.98. The van der Waals surface area contributed by atoms with Gasteiger partial charge in [-0.3, -0.25) is 10.1 Å². The molecular formula is C10H6FNO4. The van der Waals surface area contributed by atoms with E-state index in [4.69, 9.17) is 0 Å². The van der Waals surface area contributed by atoms with Crippen LogP contribution in [-0.2, 0) is 4.79 Å². The van der Waals surface area contributed by atoms with E-state index in [0.717, 1.165) is 6.07 Å². The molecule has 0 heterocycles. The van der Waals surface area contributed by atoms with Crippen molar-refractivity contribution in [2.75, 3.05) is 0 Å². The first-order valence-corrected chi connectivity index (χ1v) is 4.15. The predicted octanol–water partition coefficient (Wildman–Crippen LogP) is 1.38. The summed E-state index contributed by atoms with van der Waals surface area (Å²) in [4.78, 5) is 19.5. The molecule has 0 saturated carbocycles. The molecule has 6 heteroatoms. The third-order valence-corrected chi connectivity index (χ3v) is 1.66. The lowest BCUT2D eigenvalue weighted by Crippen LogP contribution is -1.92. The number of hydrogen-bond donors (Lipinski definition) is 1. The molecular weight excluding hydrogens is 217 g/mol. The molecule has 0 unspecified atom stereocenters. The van der Waals surface area contributed by atoms with E-state index >= 15 is 0 Å². The molecule has 16 heavy (non-hydrogen) atoms. The fourth-order valence-corrected chi connectivity index (χ4v) is 1.01. The first-order valence-electron chi connectivity index (χ1n) is 4.15. The first-order chi connectivity index (χ1) is 7.56. The van der Waals surface area contributed by atoms with Crippen molar-refractivity contribution >= 4 is 12.0 Å². The van der Waals surface area contributed by atoms with Crippen LogP contribution in [0.5, 0.6) is 5.75 Å². The molecule has 0 aliphatic heterocycles. The highest BCUT2D eigenvalue weighted by molar-refractivity contribution is 5.59. The second-order valence-electron chi connectivity index (χ2n) is 2.75. The second kappa shape index (κ2) is 4.89. The average Bonchev–Trinajstić information content (AvgIpc) is 2.22. The van der Waals surface area contributed by atoms with E-state index in [9.17, 15) is 24.4 Å². The second-order valence-corrected chi connectivity index (χ2v) is 2.75. The first kappa shape index (κ1) is 11.7. The summed E-state index contributed by atoms with van der Waals surface area (Å²) in [7, 11) is 0. The molecule has 1 aromatic rings. The lowest BCUT2D eigenvalue weighted by atomic mass is 10.1. The third kappa shape index (κ3) is 2.54. The lowest BCUT2D eigenvalue weighted by molar-refractivity contribution is -0.386. The molecule has 0 aliphatic rings. The summed E-state index contributed by atoms with van der Waals surface area (Å²) in [5.41, 5.74) is -0.969. The number of carbonyl (C=O) groups is 1. The summed E-state index contributed by atoms with van der Waals surface area (Å²) in [6.45, 7) is 0. The Balaban J connectivity index is 3.25. The topological polar surface area (TPSA) is 80.4 Å². The fourth-order valence-electron chi connectivity index (χ4n) is 1.01. The van der Waals surface area contributed by atoms with Gasteiger partial charge in [0, 0.05) is 0 Å². The van der Waals surface area contributed by atoms with Crippen LogP contribution >= 0.6 is 0 Å². The van der Waals surface area contributed by atoms with Crippen molar-refractivity contribution in [1.82, 2.24) is 0 Å². The third-order valence-electron chi connectivity index (χ3n) is 1.66. The van der Waals surface area contributed by atoms with Gasteiger partial charge in [-0.1, -0.05) is 11.8 Å².